The molecule has 2 amide bonds. The van der Waals surface area contributed by atoms with Crippen LogP contribution in [0, 0.1) is 11.8 Å². The maximum atomic E-state index is 12.6. The van der Waals surface area contributed by atoms with Gasteiger partial charge in [-0.25, -0.2) is 4.79 Å². The Bertz CT molecular complexity index is 433. The third kappa shape index (κ3) is 5.32. The summed E-state index contributed by atoms with van der Waals surface area (Å²) < 4.78 is 16.1. The standard InChI is InChI=1S/C16H28N2O6/c1-11-7-12(15(19)20)9-18(8-11)16(21)17-13-3-4-23-10-14(13)24-6-5-22-2/h11-14H,3-10H2,1-2H3,(H,17,21)(H,19,20). The number of carbonyl (C=O) groups excluding carboxylic acids is 1. The molecule has 24 heavy (non-hydrogen) atoms. The Morgan fingerprint density at radius 3 is 2.83 bits per heavy atom. The van der Waals surface area contributed by atoms with E-state index < -0.39 is 11.9 Å². The number of hydrogen-bond donors (Lipinski definition) is 2. The Morgan fingerprint density at radius 2 is 2.12 bits per heavy atom. The van der Waals surface area contributed by atoms with E-state index in [4.69, 9.17) is 14.2 Å². The number of urea groups is 1. The zero-order valence-corrected chi connectivity index (χ0v) is 14.4. The monoisotopic (exact) mass is 344 g/mol. The van der Waals surface area contributed by atoms with E-state index in [2.05, 4.69) is 5.32 Å². The lowest BCUT2D eigenvalue weighted by Gasteiger charge is -2.37. The van der Waals surface area contributed by atoms with Gasteiger partial charge >= 0.3 is 12.0 Å². The molecule has 2 fully saturated rings. The van der Waals surface area contributed by atoms with Crippen molar-refractivity contribution in [2.24, 2.45) is 11.8 Å². The maximum Gasteiger partial charge on any atom is 0.317 e. The van der Waals surface area contributed by atoms with E-state index in [-0.39, 0.29) is 30.6 Å². The van der Waals surface area contributed by atoms with E-state index in [9.17, 15) is 14.7 Å². The number of nitrogens with one attached hydrogen (secondary N) is 1. The average molecular weight is 344 g/mol. The molecule has 0 aliphatic carbocycles. The molecule has 4 unspecified atom stereocenters. The normalized spacial score (nSPS) is 30.8. The SMILES string of the molecule is COCCOC1COCCC1NC(=O)N1CC(C)CC(C(=O)O)C1. The van der Waals surface area contributed by atoms with E-state index in [0.29, 0.717) is 45.8 Å². The van der Waals surface area contributed by atoms with Crippen LogP contribution in [0.4, 0.5) is 4.79 Å². The molecular formula is C16H28N2O6. The highest BCUT2D eigenvalue weighted by atomic mass is 16.6. The van der Waals surface area contributed by atoms with Crippen LogP contribution in [-0.2, 0) is 19.0 Å². The number of aliphatic carboxylic acids is 1. The first kappa shape index (κ1) is 19.0. The molecule has 0 aromatic heterocycles. The second kappa shape index (κ2) is 9.19. The molecule has 8 nitrogen and oxygen atoms in total. The highest BCUT2D eigenvalue weighted by Crippen LogP contribution is 2.22. The Kier molecular flexibility index (Phi) is 7.26. The lowest BCUT2D eigenvalue weighted by Crippen LogP contribution is -2.56. The van der Waals surface area contributed by atoms with Gasteiger partial charge in [0.2, 0.25) is 0 Å². The largest absolute Gasteiger partial charge is 0.481 e. The first-order valence-electron chi connectivity index (χ1n) is 8.47. The van der Waals surface area contributed by atoms with Gasteiger partial charge in [0.15, 0.2) is 0 Å². The Hall–Kier alpha value is -1.38. The fourth-order valence-electron chi connectivity index (χ4n) is 3.27. The first-order valence-corrected chi connectivity index (χ1v) is 8.47. The van der Waals surface area contributed by atoms with Crippen LogP contribution in [0.5, 0.6) is 0 Å². The summed E-state index contributed by atoms with van der Waals surface area (Å²) in [7, 11) is 1.61. The molecule has 0 aromatic carbocycles. The molecule has 4 atom stereocenters. The summed E-state index contributed by atoms with van der Waals surface area (Å²) in [5, 5.41) is 12.2. The van der Waals surface area contributed by atoms with Gasteiger partial charge in [-0.1, -0.05) is 6.92 Å². The minimum absolute atomic E-state index is 0.136. The van der Waals surface area contributed by atoms with E-state index in [1.807, 2.05) is 6.92 Å². The number of carbonyl (C=O) groups is 2. The van der Waals surface area contributed by atoms with Crippen molar-refractivity contribution in [1.82, 2.24) is 10.2 Å². The molecule has 0 aromatic rings. The summed E-state index contributed by atoms with van der Waals surface area (Å²) in [6.07, 6.45) is 1.07. The Balaban J connectivity index is 1.89. The lowest BCUT2D eigenvalue weighted by atomic mass is 9.91. The zero-order valence-electron chi connectivity index (χ0n) is 14.4. The van der Waals surface area contributed by atoms with Crippen LogP contribution in [-0.4, -0.2) is 80.8 Å². The lowest BCUT2D eigenvalue weighted by molar-refractivity contribution is -0.143. The van der Waals surface area contributed by atoms with Crippen LogP contribution in [0.15, 0.2) is 0 Å². The number of nitrogens with zero attached hydrogens (tertiary/aromatic N) is 1. The molecule has 2 aliphatic rings. The number of amides is 2. The highest BCUT2D eigenvalue weighted by Gasteiger charge is 2.34. The van der Waals surface area contributed by atoms with Crippen LogP contribution in [0.25, 0.3) is 0 Å². The van der Waals surface area contributed by atoms with Gasteiger partial charge in [-0.15, -0.1) is 0 Å². The summed E-state index contributed by atoms with van der Waals surface area (Å²) in [4.78, 5) is 25.4. The Morgan fingerprint density at radius 1 is 1.33 bits per heavy atom. The third-order valence-corrected chi connectivity index (χ3v) is 4.53. The van der Waals surface area contributed by atoms with Crippen molar-refractivity contribution in [2.75, 3.05) is 46.6 Å². The predicted octanol–water partition coefficient (Wildman–Crippen LogP) is 0.559. The average Bonchev–Trinajstić information content (AvgIpc) is 2.56. The highest BCUT2D eigenvalue weighted by molar-refractivity contribution is 5.77. The second-order valence-corrected chi connectivity index (χ2v) is 6.60. The fraction of sp³-hybridized carbons (Fsp3) is 0.875. The zero-order chi connectivity index (χ0) is 17.5. The number of piperidine rings is 1. The topological polar surface area (TPSA) is 97.3 Å². The third-order valence-electron chi connectivity index (χ3n) is 4.53. The molecule has 0 saturated carbocycles. The molecule has 0 spiro atoms. The Labute approximate surface area is 142 Å². The van der Waals surface area contributed by atoms with Crippen molar-refractivity contribution in [1.29, 1.82) is 0 Å². The molecule has 138 valence electrons. The number of carboxylic acids is 1. The molecule has 0 bridgehead atoms. The predicted molar refractivity (Wildman–Crippen MR) is 85.9 cm³/mol. The van der Waals surface area contributed by atoms with Gasteiger partial charge in [0.05, 0.1) is 31.8 Å². The van der Waals surface area contributed by atoms with Gasteiger partial charge in [0.1, 0.15) is 6.10 Å². The smallest absolute Gasteiger partial charge is 0.317 e. The number of carboxylic acid groups (broad SMARTS) is 1. The molecule has 2 saturated heterocycles. The fourth-order valence-corrected chi connectivity index (χ4v) is 3.27. The molecular weight excluding hydrogens is 316 g/mol. The summed E-state index contributed by atoms with van der Waals surface area (Å²) in [6.45, 7) is 4.74. The van der Waals surface area contributed by atoms with Crippen LogP contribution in [0.3, 0.4) is 0 Å². The summed E-state index contributed by atoms with van der Waals surface area (Å²) in [5.74, 6) is -1.16. The van der Waals surface area contributed by atoms with E-state index in [1.165, 1.54) is 0 Å². The maximum absolute atomic E-state index is 12.6. The van der Waals surface area contributed by atoms with Gasteiger partial charge in [-0.3, -0.25) is 4.79 Å². The van der Waals surface area contributed by atoms with E-state index >= 15 is 0 Å². The molecule has 8 heteroatoms. The molecule has 2 heterocycles. The van der Waals surface area contributed by atoms with Crippen molar-refractivity contribution in [3.05, 3.63) is 0 Å². The quantitative estimate of drug-likeness (QED) is 0.683. The number of rotatable bonds is 6. The van der Waals surface area contributed by atoms with Gasteiger partial charge in [-0.05, 0) is 18.8 Å². The van der Waals surface area contributed by atoms with Gasteiger partial charge in [0, 0.05) is 26.8 Å². The number of likely N-dealkylation sites (tertiary alicyclic amines) is 1. The van der Waals surface area contributed by atoms with Crippen molar-refractivity contribution >= 4 is 12.0 Å². The van der Waals surface area contributed by atoms with E-state index in [0.717, 1.165) is 0 Å². The van der Waals surface area contributed by atoms with Gasteiger partial charge in [-0.2, -0.15) is 0 Å². The minimum Gasteiger partial charge on any atom is -0.481 e. The van der Waals surface area contributed by atoms with E-state index in [1.54, 1.807) is 12.0 Å². The molecule has 0 radical (unpaired) electrons. The van der Waals surface area contributed by atoms with Crippen molar-refractivity contribution in [3.63, 3.8) is 0 Å². The number of methoxy groups -OCH3 is 1. The van der Waals surface area contributed by atoms with Crippen LogP contribution in [0.2, 0.25) is 0 Å². The summed E-state index contributed by atoms with van der Waals surface area (Å²) in [5.41, 5.74) is 0. The van der Waals surface area contributed by atoms with Crippen LogP contribution in [0.1, 0.15) is 19.8 Å². The number of ether oxygens (including phenoxy) is 3. The van der Waals surface area contributed by atoms with Crippen molar-refractivity contribution in [2.45, 2.75) is 31.9 Å². The minimum atomic E-state index is -0.841. The molecule has 2 aliphatic heterocycles. The van der Waals surface area contributed by atoms with Crippen molar-refractivity contribution < 1.29 is 28.9 Å². The summed E-state index contributed by atoms with van der Waals surface area (Å²) in [6, 6.07) is -0.358. The molecule has 2 rings (SSSR count). The first-order chi connectivity index (χ1) is 11.5. The number of hydrogen-bond acceptors (Lipinski definition) is 5. The van der Waals surface area contributed by atoms with Gasteiger partial charge < -0.3 is 29.5 Å². The molecule has 2 N–H and O–H groups in total. The summed E-state index contributed by atoms with van der Waals surface area (Å²) >= 11 is 0. The second-order valence-electron chi connectivity index (χ2n) is 6.60. The van der Waals surface area contributed by atoms with Crippen LogP contribution < -0.4 is 5.32 Å². The van der Waals surface area contributed by atoms with Crippen molar-refractivity contribution in [3.8, 4) is 0 Å². The van der Waals surface area contributed by atoms with Crippen LogP contribution >= 0.6 is 0 Å². The van der Waals surface area contributed by atoms with Gasteiger partial charge in [0.25, 0.3) is 0 Å².